The molecule has 208 valence electrons. The fourth-order valence-corrected chi connectivity index (χ4v) is 4.31. The molecule has 7 heteroatoms. The molecule has 3 aromatic carbocycles. The van der Waals surface area contributed by atoms with Crippen molar-refractivity contribution >= 4 is 23.4 Å². The SMILES string of the molecule is Cc1cccc(-n2nc(C(C)(C)C)cc2NC(=O)CN(Cc2ccccc2)C(=O)Nc2ccc(C(C)C)cc2)c1. The van der Waals surface area contributed by atoms with E-state index in [1.807, 2.05) is 91.9 Å². The first-order valence-corrected chi connectivity index (χ1v) is 13.7. The van der Waals surface area contributed by atoms with Crippen LogP contribution >= 0.6 is 0 Å². The second-order valence-corrected chi connectivity index (χ2v) is 11.5. The molecule has 0 aliphatic heterocycles. The average Bonchev–Trinajstić information content (AvgIpc) is 3.33. The zero-order valence-corrected chi connectivity index (χ0v) is 24.2. The van der Waals surface area contributed by atoms with Crippen molar-refractivity contribution in [1.82, 2.24) is 14.7 Å². The van der Waals surface area contributed by atoms with Crippen LogP contribution in [0.1, 0.15) is 62.9 Å². The van der Waals surface area contributed by atoms with Gasteiger partial charge in [0.2, 0.25) is 5.91 Å². The topological polar surface area (TPSA) is 79.3 Å². The number of aromatic nitrogens is 2. The number of hydrogen-bond donors (Lipinski definition) is 2. The van der Waals surface area contributed by atoms with E-state index in [1.165, 1.54) is 10.5 Å². The Morgan fingerprint density at radius 1 is 0.900 bits per heavy atom. The number of hydrogen-bond acceptors (Lipinski definition) is 3. The van der Waals surface area contributed by atoms with Gasteiger partial charge in [-0.1, -0.05) is 89.2 Å². The number of nitrogens with zero attached hydrogens (tertiary/aromatic N) is 3. The molecule has 0 atom stereocenters. The van der Waals surface area contributed by atoms with Gasteiger partial charge < -0.3 is 15.5 Å². The summed E-state index contributed by atoms with van der Waals surface area (Å²) in [5.41, 5.74) is 5.40. The zero-order chi connectivity index (χ0) is 28.9. The molecule has 40 heavy (non-hydrogen) atoms. The molecule has 4 aromatic rings. The third-order valence-electron chi connectivity index (χ3n) is 6.66. The molecule has 3 amide bonds. The lowest BCUT2D eigenvalue weighted by Gasteiger charge is -2.23. The van der Waals surface area contributed by atoms with Gasteiger partial charge in [0, 0.05) is 23.7 Å². The van der Waals surface area contributed by atoms with Gasteiger partial charge in [0.15, 0.2) is 0 Å². The molecule has 0 saturated carbocycles. The van der Waals surface area contributed by atoms with Crippen molar-refractivity contribution in [3.63, 3.8) is 0 Å². The van der Waals surface area contributed by atoms with E-state index < -0.39 is 0 Å². The predicted molar refractivity (Wildman–Crippen MR) is 162 cm³/mol. The number of urea groups is 1. The van der Waals surface area contributed by atoms with E-state index in [-0.39, 0.29) is 30.4 Å². The number of aryl methyl sites for hydroxylation is 1. The summed E-state index contributed by atoms with van der Waals surface area (Å²) in [6, 6.07) is 27.0. The Hall–Kier alpha value is -4.39. The van der Waals surface area contributed by atoms with E-state index in [0.717, 1.165) is 22.5 Å². The molecule has 0 aliphatic carbocycles. The maximum Gasteiger partial charge on any atom is 0.322 e. The Bertz CT molecular complexity index is 1450. The lowest BCUT2D eigenvalue weighted by Crippen LogP contribution is -2.40. The fourth-order valence-electron chi connectivity index (χ4n) is 4.31. The highest BCUT2D eigenvalue weighted by molar-refractivity contribution is 5.96. The second kappa shape index (κ2) is 12.2. The quantitative estimate of drug-likeness (QED) is 0.248. The number of nitrogens with one attached hydrogen (secondary N) is 2. The number of anilines is 2. The Morgan fingerprint density at radius 2 is 1.60 bits per heavy atom. The van der Waals surface area contributed by atoms with Crippen molar-refractivity contribution in [3.8, 4) is 5.69 Å². The van der Waals surface area contributed by atoms with Crippen LogP contribution in [-0.2, 0) is 16.8 Å². The van der Waals surface area contributed by atoms with Gasteiger partial charge in [-0.3, -0.25) is 4.79 Å². The molecule has 0 spiro atoms. The van der Waals surface area contributed by atoms with E-state index >= 15 is 0 Å². The lowest BCUT2D eigenvalue weighted by molar-refractivity contribution is -0.116. The number of benzene rings is 3. The molecule has 0 fully saturated rings. The highest BCUT2D eigenvalue weighted by Crippen LogP contribution is 2.27. The monoisotopic (exact) mass is 537 g/mol. The normalized spacial score (nSPS) is 11.4. The van der Waals surface area contributed by atoms with Crippen LogP contribution < -0.4 is 10.6 Å². The number of rotatable bonds is 8. The zero-order valence-electron chi connectivity index (χ0n) is 24.2. The number of carbonyl (C=O) groups excluding carboxylic acids is 2. The first kappa shape index (κ1) is 28.6. The minimum atomic E-state index is -0.348. The molecule has 0 aliphatic rings. The number of carbonyl (C=O) groups is 2. The summed E-state index contributed by atoms with van der Waals surface area (Å²) in [4.78, 5) is 28.3. The molecule has 0 radical (unpaired) electrons. The van der Waals surface area contributed by atoms with Gasteiger partial charge in [-0.15, -0.1) is 0 Å². The largest absolute Gasteiger partial charge is 0.322 e. The first-order valence-electron chi connectivity index (χ1n) is 13.7. The van der Waals surface area contributed by atoms with Crippen LogP contribution in [0, 0.1) is 6.92 Å². The van der Waals surface area contributed by atoms with Gasteiger partial charge in [0.05, 0.1) is 11.4 Å². The van der Waals surface area contributed by atoms with Crippen molar-refractivity contribution in [2.24, 2.45) is 0 Å². The summed E-state index contributed by atoms with van der Waals surface area (Å²) in [6.45, 7) is 12.7. The van der Waals surface area contributed by atoms with Gasteiger partial charge in [-0.25, -0.2) is 9.48 Å². The van der Waals surface area contributed by atoms with Gasteiger partial charge in [0.25, 0.3) is 0 Å². The Morgan fingerprint density at radius 3 is 2.23 bits per heavy atom. The van der Waals surface area contributed by atoms with Crippen LogP contribution in [0.3, 0.4) is 0 Å². The summed E-state index contributed by atoms with van der Waals surface area (Å²) in [5.74, 6) is 0.649. The summed E-state index contributed by atoms with van der Waals surface area (Å²) in [6.07, 6.45) is 0. The Kier molecular flexibility index (Phi) is 8.73. The molecule has 0 bridgehead atoms. The van der Waals surface area contributed by atoms with Crippen molar-refractivity contribution < 1.29 is 9.59 Å². The van der Waals surface area contributed by atoms with Gasteiger partial charge >= 0.3 is 6.03 Å². The van der Waals surface area contributed by atoms with Crippen molar-refractivity contribution in [2.45, 2.75) is 59.4 Å². The standard InChI is InChI=1S/C33H39N5O2/c1-23(2)26-15-17-27(18-16-26)34-32(40)37(21-25-12-8-7-9-13-25)22-31(39)35-30-20-29(33(4,5)6)36-38(30)28-14-10-11-24(3)19-28/h7-20,23H,21-22H2,1-6H3,(H,34,40)(H,35,39). The molecular formula is C33H39N5O2. The molecule has 7 nitrogen and oxygen atoms in total. The summed E-state index contributed by atoms with van der Waals surface area (Å²) >= 11 is 0. The second-order valence-electron chi connectivity index (χ2n) is 11.5. The van der Waals surface area contributed by atoms with E-state index in [9.17, 15) is 9.59 Å². The maximum absolute atomic E-state index is 13.4. The fraction of sp³-hybridized carbons (Fsp3) is 0.303. The predicted octanol–water partition coefficient (Wildman–Crippen LogP) is 7.27. The van der Waals surface area contributed by atoms with Crippen molar-refractivity contribution in [3.05, 3.63) is 107 Å². The van der Waals surface area contributed by atoms with Gasteiger partial charge in [-0.05, 0) is 53.8 Å². The minimum Gasteiger partial charge on any atom is -0.311 e. The average molecular weight is 538 g/mol. The van der Waals surface area contributed by atoms with Crippen molar-refractivity contribution in [2.75, 3.05) is 17.2 Å². The summed E-state index contributed by atoms with van der Waals surface area (Å²) < 4.78 is 1.75. The Balaban J connectivity index is 1.57. The molecule has 1 heterocycles. The van der Waals surface area contributed by atoms with Crippen LogP contribution in [0.5, 0.6) is 0 Å². The summed E-state index contributed by atoms with van der Waals surface area (Å²) in [7, 11) is 0. The third kappa shape index (κ3) is 7.38. The van der Waals surface area contributed by atoms with Gasteiger partial charge in [0.1, 0.15) is 12.4 Å². The lowest BCUT2D eigenvalue weighted by atomic mass is 9.92. The Labute approximate surface area is 237 Å². The minimum absolute atomic E-state index is 0.130. The molecule has 2 N–H and O–H groups in total. The molecular weight excluding hydrogens is 498 g/mol. The number of amides is 3. The maximum atomic E-state index is 13.4. The first-order chi connectivity index (χ1) is 19.0. The molecule has 4 rings (SSSR count). The third-order valence-corrected chi connectivity index (χ3v) is 6.66. The van der Waals surface area contributed by atoms with Crippen LogP contribution in [0.2, 0.25) is 0 Å². The summed E-state index contributed by atoms with van der Waals surface area (Å²) in [5, 5.41) is 10.8. The van der Waals surface area contributed by atoms with E-state index in [2.05, 4.69) is 45.3 Å². The molecule has 1 aromatic heterocycles. The van der Waals surface area contributed by atoms with Crippen LogP contribution in [0.4, 0.5) is 16.3 Å². The van der Waals surface area contributed by atoms with Crippen LogP contribution in [0.25, 0.3) is 5.69 Å². The van der Waals surface area contributed by atoms with E-state index in [1.54, 1.807) is 4.68 Å². The highest BCUT2D eigenvalue weighted by atomic mass is 16.2. The highest BCUT2D eigenvalue weighted by Gasteiger charge is 2.23. The molecule has 0 unspecified atom stereocenters. The molecule has 0 saturated heterocycles. The smallest absolute Gasteiger partial charge is 0.311 e. The van der Waals surface area contributed by atoms with Crippen molar-refractivity contribution in [1.29, 1.82) is 0 Å². The van der Waals surface area contributed by atoms with Crippen LogP contribution in [0.15, 0.2) is 84.9 Å². The van der Waals surface area contributed by atoms with E-state index in [4.69, 9.17) is 5.10 Å². The van der Waals surface area contributed by atoms with Gasteiger partial charge in [-0.2, -0.15) is 5.10 Å². The van der Waals surface area contributed by atoms with Crippen LogP contribution in [-0.4, -0.2) is 33.2 Å². The van der Waals surface area contributed by atoms with E-state index in [0.29, 0.717) is 17.4 Å².